The molecule has 1 saturated heterocycles. The summed E-state index contributed by atoms with van der Waals surface area (Å²) in [5.41, 5.74) is 1.14. The van der Waals surface area contributed by atoms with Crippen molar-refractivity contribution < 1.29 is 0 Å². The molecule has 1 heterocycles. The zero-order valence-electron chi connectivity index (χ0n) is 10.2. The predicted octanol–water partition coefficient (Wildman–Crippen LogP) is 2.73. The lowest BCUT2D eigenvalue weighted by atomic mass is 10.00. The van der Waals surface area contributed by atoms with Gasteiger partial charge >= 0.3 is 0 Å². The van der Waals surface area contributed by atoms with E-state index in [0.717, 1.165) is 25.2 Å². The molecule has 0 aromatic heterocycles. The van der Waals surface area contributed by atoms with Crippen molar-refractivity contribution in [1.82, 2.24) is 4.90 Å². The summed E-state index contributed by atoms with van der Waals surface area (Å²) < 4.78 is 0. The fourth-order valence-electron chi connectivity index (χ4n) is 2.22. The largest absolute Gasteiger partial charge is 0.300 e. The van der Waals surface area contributed by atoms with Crippen LogP contribution in [-0.4, -0.2) is 35.5 Å². The summed E-state index contributed by atoms with van der Waals surface area (Å²) in [5, 5.41) is 9.99. The van der Waals surface area contributed by atoms with Gasteiger partial charge in [-0.05, 0) is 5.56 Å². The number of hydrogen-bond acceptors (Lipinski definition) is 3. The molecule has 1 aliphatic heterocycles. The fourth-order valence-corrected chi connectivity index (χ4v) is 3.30. The summed E-state index contributed by atoms with van der Waals surface area (Å²) in [5.74, 6) is 1.19. The van der Waals surface area contributed by atoms with Gasteiger partial charge in [0.05, 0.1) is 12.0 Å². The molecule has 0 amide bonds. The van der Waals surface area contributed by atoms with Crippen LogP contribution in [0.3, 0.4) is 0 Å². The Morgan fingerprint density at radius 3 is 2.88 bits per heavy atom. The monoisotopic (exact) mass is 246 g/mol. The van der Waals surface area contributed by atoms with Gasteiger partial charge in [0, 0.05) is 30.6 Å². The molecule has 0 aliphatic carbocycles. The van der Waals surface area contributed by atoms with E-state index in [1.54, 1.807) is 0 Å². The second-order valence-electron chi connectivity index (χ2n) is 4.53. The average Bonchev–Trinajstić information content (AvgIpc) is 2.37. The summed E-state index contributed by atoms with van der Waals surface area (Å²) in [6, 6.07) is 12.5. The zero-order chi connectivity index (χ0) is 12.1. The van der Waals surface area contributed by atoms with Crippen molar-refractivity contribution in [2.24, 2.45) is 0 Å². The molecule has 0 bridgehead atoms. The van der Waals surface area contributed by atoms with Gasteiger partial charge in [-0.15, -0.1) is 0 Å². The highest BCUT2D eigenvalue weighted by atomic mass is 32.2. The first-order chi connectivity index (χ1) is 8.29. The summed E-state index contributed by atoms with van der Waals surface area (Å²) in [6.45, 7) is 5.35. The number of nitrogens with zero attached hydrogens (tertiary/aromatic N) is 2. The Bertz CT molecular complexity index is 385. The maximum absolute atomic E-state index is 9.29. The Kier molecular flexibility index (Phi) is 4.47. The minimum absolute atomic E-state index is 0.00602. The van der Waals surface area contributed by atoms with Crippen molar-refractivity contribution in [3.05, 3.63) is 35.9 Å². The van der Waals surface area contributed by atoms with Gasteiger partial charge in [0.2, 0.25) is 0 Å². The molecule has 1 aromatic carbocycles. The van der Waals surface area contributed by atoms with Gasteiger partial charge in [0.1, 0.15) is 0 Å². The Balaban J connectivity index is 1.99. The van der Waals surface area contributed by atoms with E-state index >= 15 is 0 Å². The molecule has 0 radical (unpaired) electrons. The van der Waals surface area contributed by atoms with Crippen molar-refractivity contribution in [2.75, 3.05) is 25.4 Å². The molecule has 1 fully saturated rings. The molecular formula is C14H18N2S. The van der Waals surface area contributed by atoms with E-state index in [0.29, 0.717) is 5.25 Å². The van der Waals surface area contributed by atoms with E-state index in [9.17, 15) is 5.26 Å². The smallest absolute Gasteiger partial charge is 0.0839 e. The van der Waals surface area contributed by atoms with Gasteiger partial charge in [0.15, 0.2) is 0 Å². The maximum Gasteiger partial charge on any atom is 0.0839 e. The molecule has 0 saturated carbocycles. The lowest BCUT2D eigenvalue weighted by Gasteiger charge is -2.31. The van der Waals surface area contributed by atoms with E-state index in [2.05, 4.69) is 30.0 Å². The average molecular weight is 246 g/mol. The third-order valence-corrected chi connectivity index (χ3v) is 4.26. The van der Waals surface area contributed by atoms with Gasteiger partial charge in [-0.25, -0.2) is 0 Å². The number of thioether (sulfide) groups is 1. The van der Waals surface area contributed by atoms with Crippen LogP contribution >= 0.6 is 11.8 Å². The molecule has 0 N–H and O–H groups in total. The molecule has 90 valence electrons. The van der Waals surface area contributed by atoms with E-state index in [-0.39, 0.29) is 5.92 Å². The van der Waals surface area contributed by atoms with E-state index < -0.39 is 0 Å². The highest BCUT2D eigenvalue weighted by Gasteiger charge is 2.20. The highest BCUT2D eigenvalue weighted by Crippen LogP contribution is 2.21. The second-order valence-corrected chi connectivity index (χ2v) is 6.08. The molecular weight excluding hydrogens is 228 g/mol. The highest BCUT2D eigenvalue weighted by molar-refractivity contribution is 7.99. The molecule has 2 atom stereocenters. The first-order valence-electron chi connectivity index (χ1n) is 6.08. The van der Waals surface area contributed by atoms with Gasteiger partial charge in [0.25, 0.3) is 0 Å². The molecule has 1 aliphatic rings. The summed E-state index contributed by atoms with van der Waals surface area (Å²) in [6.07, 6.45) is 0. The normalized spacial score (nSPS) is 22.9. The first kappa shape index (κ1) is 12.5. The van der Waals surface area contributed by atoms with Crippen molar-refractivity contribution in [2.45, 2.75) is 18.1 Å². The van der Waals surface area contributed by atoms with Crippen LogP contribution in [0.5, 0.6) is 0 Å². The van der Waals surface area contributed by atoms with E-state index in [1.807, 2.05) is 30.0 Å². The number of nitriles is 1. The van der Waals surface area contributed by atoms with Crippen LogP contribution in [0.1, 0.15) is 18.4 Å². The van der Waals surface area contributed by atoms with E-state index in [1.165, 1.54) is 5.75 Å². The molecule has 2 rings (SSSR count). The second kappa shape index (κ2) is 6.09. The lowest BCUT2D eigenvalue weighted by molar-refractivity contribution is 0.281. The van der Waals surface area contributed by atoms with Crippen LogP contribution in [0.4, 0.5) is 0 Å². The molecule has 17 heavy (non-hydrogen) atoms. The minimum atomic E-state index is 0.00602. The van der Waals surface area contributed by atoms with Gasteiger partial charge in [-0.1, -0.05) is 37.3 Å². The quantitative estimate of drug-likeness (QED) is 0.820. The van der Waals surface area contributed by atoms with Crippen molar-refractivity contribution in [3.63, 3.8) is 0 Å². The van der Waals surface area contributed by atoms with Crippen LogP contribution in [0, 0.1) is 11.3 Å². The fraction of sp³-hybridized carbons (Fsp3) is 0.500. The Hall–Kier alpha value is -0.980. The van der Waals surface area contributed by atoms with E-state index in [4.69, 9.17) is 0 Å². The number of rotatable bonds is 3. The third-order valence-electron chi connectivity index (χ3n) is 3.12. The molecule has 2 unspecified atom stereocenters. The summed E-state index contributed by atoms with van der Waals surface area (Å²) >= 11 is 2.03. The van der Waals surface area contributed by atoms with Crippen LogP contribution in [0.2, 0.25) is 0 Å². The van der Waals surface area contributed by atoms with Crippen LogP contribution in [0.15, 0.2) is 30.3 Å². The molecule has 3 heteroatoms. The minimum Gasteiger partial charge on any atom is -0.300 e. The van der Waals surface area contributed by atoms with Gasteiger partial charge < -0.3 is 0 Å². The van der Waals surface area contributed by atoms with Crippen LogP contribution < -0.4 is 0 Å². The SMILES string of the molecule is CC1CN(CC(C#N)c2ccccc2)CCS1. The van der Waals surface area contributed by atoms with Crippen molar-refractivity contribution in [3.8, 4) is 6.07 Å². The van der Waals surface area contributed by atoms with Gasteiger partial charge in [-0.2, -0.15) is 17.0 Å². The van der Waals surface area contributed by atoms with Crippen LogP contribution in [-0.2, 0) is 0 Å². The summed E-state index contributed by atoms with van der Waals surface area (Å²) in [4.78, 5) is 2.42. The lowest BCUT2D eigenvalue weighted by Crippen LogP contribution is -2.38. The maximum atomic E-state index is 9.29. The number of hydrogen-bond donors (Lipinski definition) is 0. The standard InChI is InChI=1S/C14H18N2S/c1-12-10-16(7-8-17-12)11-14(9-15)13-5-3-2-4-6-13/h2-6,12,14H,7-8,10-11H2,1H3. The molecule has 2 nitrogen and oxygen atoms in total. The van der Waals surface area contributed by atoms with Gasteiger partial charge in [-0.3, -0.25) is 4.90 Å². The zero-order valence-corrected chi connectivity index (χ0v) is 11.0. The third kappa shape index (κ3) is 3.49. The van der Waals surface area contributed by atoms with Crippen molar-refractivity contribution >= 4 is 11.8 Å². The topological polar surface area (TPSA) is 27.0 Å². The first-order valence-corrected chi connectivity index (χ1v) is 7.13. The Morgan fingerprint density at radius 2 is 2.24 bits per heavy atom. The number of benzene rings is 1. The Morgan fingerprint density at radius 1 is 1.47 bits per heavy atom. The molecule has 0 spiro atoms. The molecule has 1 aromatic rings. The predicted molar refractivity (Wildman–Crippen MR) is 73.2 cm³/mol. The van der Waals surface area contributed by atoms with Crippen LogP contribution in [0.25, 0.3) is 0 Å². The summed E-state index contributed by atoms with van der Waals surface area (Å²) in [7, 11) is 0. The van der Waals surface area contributed by atoms with Crippen molar-refractivity contribution in [1.29, 1.82) is 5.26 Å². The Labute approximate surface area is 108 Å².